The molecular weight excluding hydrogens is 238 g/mol. The zero-order valence-corrected chi connectivity index (χ0v) is 10.6. The summed E-state index contributed by atoms with van der Waals surface area (Å²) in [6.07, 6.45) is -0.0730. The summed E-state index contributed by atoms with van der Waals surface area (Å²) in [6, 6.07) is -0.203. The highest BCUT2D eigenvalue weighted by atomic mass is 16.5. The molecule has 0 spiro atoms. The average molecular weight is 259 g/mol. The first-order chi connectivity index (χ1) is 8.56. The molecule has 0 bridgehead atoms. The highest BCUT2D eigenvalue weighted by Gasteiger charge is 2.32. The number of carboxylic acid groups (broad SMARTS) is 1. The lowest BCUT2D eigenvalue weighted by molar-refractivity contribution is -0.144. The molecule has 1 rings (SSSR count). The molecule has 1 aliphatic heterocycles. The predicted molar refractivity (Wildman–Crippen MR) is 65.2 cm³/mol. The SMILES string of the molecule is CCOC(=O)NC1CC(C(=O)O)CN(CCN)C1. The van der Waals surface area contributed by atoms with Crippen LogP contribution in [-0.4, -0.2) is 60.9 Å². The van der Waals surface area contributed by atoms with Crippen LogP contribution in [-0.2, 0) is 9.53 Å². The molecule has 0 aliphatic carbocycles. The number of aliphatic carboxylic acids is 1. The fourth-order valence-electron chi connectivity index (χ4n) is 2.18. The molecule has 2 unspecified atom stereocenters. The molecule has 7 heteroatoms. The largest absolute Gasteiger partial charge is 0.481 e. The van der Waals surface area contributed by atoms with Crippen molar-refractivity contribution in [1.82, 2.24) is 10.2 Å². The Balaban J connectivity index is 2.55. The number of carboxylic acids is 1. The van der Waals surface area contributed by atoms with Gasteiger partial charge in [0.15, 0.2) is 0 Å². The molecule has 1 amide bonds. The number of amides is 1. The Hall–Kier alpha value is -1.34. The van der Waals surface area contributed by atoms with Crippen LogP contribution in [0.4, 0.5) is 4.79 Å². The van der Waals surface area contributed by atoms with Crippen molar-refractivity contribution in [3.05, 3.63) is 0 Å². The van der Waals surface area contributed by atoms with E-state index in [-0.39, 0.29) is 6.04 Å². The van der Waals surface area contributed by atoms with Crippen LogP contribution >= 0.6 is 0 Å². The normalized spacial score (nSPS) is 24.6. The lowest BCUT2D eigenvalue weighted by atomic mass is 9.94. The molecule has 4 N–H and O–H groups in total. The van der Waals surface area contributed by atoms with Crippen molar-refractivity contribution in [1.29, 1.82) is 0 Å². The lowest BCUT2D eigenvalue weighted by Crippen LogP contribution is -2.53. The van der Waals surface area contributed by atoms with Gasteiger partial charge in [0.2, 0.25) is 0 Å². The average Bonchev–Trinajstić information content (AvgIpc) is 2.29. The number of rotatable bonds is 5. The number of ether oxygens (including phenoxy) is 1. The van der Waals surface area contributed by atoms with E-state index in [4.69, 9.17) is 15.6 Å². The van der Waals surface area contributed by atoms with Gasteiger partial charge in [0.05, 0.1) is 12.5 Å². The summed E-state index contributed by atoms with van der Waals surface area (Å²) in [7, 11) is 0. The number of carbonyl (C=O) groups is 2. The topological polar surface area (TPSA) is 105 Å². The first-order valence-electron chi connectivity index (χ1n) is 6.15. The van der Waals surface area contributed by atoms with Crippen LogP contribution in [0.3, 0.4) is 0 Å². The molecule has 0 saturated carbocycles. The molecule has 1 heterocycles. The van der Waals surface area contributed by atoms with Gasteiger partial charge in [-0.3, -0.25) is 9.69 Å². The third kappa shape index (κ3) is 4.50. The first-order valence-corrected chi connectivity index (χ1v) is 6.15. The molecule has 0 aromatic carbocycles. The third-order valence-corrected chi connectivity index (χ3v) is 2.92. The summed E-state index contributed by atoms with van der Waals surface area (Å²) in [6.45, 7) is 4.21. The van der Waals surface area contributed by atoms with Gasteiger partial charge in [-0.05, 0) is 13.3 Å². The fraction of sp³-hybridized carbons (Fsp3) is 0.818. The summed E-state index contributed by atoms with van der Waals surface area (Å²) in [4.78, 5) is 24.3. The van der Waals surface area contributed by atoms with Crippen molar-refractivity contribution in [2.24, 2.45) is 11.7 Å². The molecule has 1 aliphatic rings. The second kappa shape index (κ2) is 7.17. The Bertz CT molecular complexity index is 298. The minimum absolute atomic E-state index is 0.203. The van der Waals surface area contributed by atoms with Gasteiger partial charge >= 0.3 is 12.1 Å². The van der Waals surface area contributed by atoms with E-state index in [1.54, 1.807) is 6.92 Å². The van der Waals surface area contributed by atoms with Gasteiger partial charge in [0.1, 0.15) is 0 Å². The van der Waals surface area contributed by atoms with Gasteiger partial charge < -0.3 is 20.9 Å². The van der Waals surface area contributed by atoms with Crippen LogP contribution < -0.4 is 11.1 Å². The zero-order chi connectivity index (χ0) is 13.5. The van der Waals surface area contributed by atoms with Crippen LogP contribution in [0.25, 0.3) is 0 Å². The molecule has 1 fully saturated rings. The number of carbonyl (C=O) groups excluding carboxylic acids is 1. The van der Waals surface area contributed by atoms with Crippen molar-refractivity contribution >= 4 is 12.1 Å². The molecule has 0 radical (unpaired) electrons. The number of nitrogens with zero attached hydrogens (tertiary/aromatic N) is 1. The van der Waals surface area contributed by atoms with Gasteiger partial charge in [-0.15, -0.1) is 0 Å². The highest BCUT2D eigenvalue weighted by molar-refractivity contribution is 5.71. The van der Waals surface area contributed by atoms with Crippen LogP contribution in [0.2, 0.25) is 0 Å². The van der Waals surface area contributed by atoms with Crippen molar-refractivity contribution < 1.29 is 19.4 Å². The van der Waals surface area contributed by atoms with Gasteiger partial charge in [0.25, 0.3) is 0 Å². The quantitative estimate of drug-likeness (QED) is 0.613. The molecule has 0 aromatic rings. The Morgan fingerprint density at radius 3 is 2.78 bits per heavy atom. The number of piperidine rings is 1. The standard InChI is InChI=1S/C11H21N3O4/c1-2-18-11(17)13-9-5-8(10(15)16)6-14(7-9)4-3-12/h8-9H,2-7,12H2,1H3,(H,13,17)(H,15,16). The Morgan fingerprint density at radius 1 is 1.50 bits per heavy atom. The number of hydrogen-bond donors (Lipinski definition) is 3. The van der Waals surface area contributed by atoms with Crippen molar-refractivity contribution in [2.75, 3.05) is 32.8 Å². The second-order valence-electron chi connectivity index (χ2n) is 4.38. The Kier molecular flexibility index (Phi) is 5.87. The number of nitrogens with two attached hydrogens (primary N) is 1. The molecule has 1 saturated heterocycles. The fourth-order valence-corrected chi connectivity index (χ4v) is 2.18. The van der Waals surface area contributed by atoms with Gasteiger partial charge in [-0.25, -0.2) is 4.79 Å². The maximum Gasteiger partial charge on any atom is 0.407 e. The number of hydrogen-bond acceptors (Lipinski definition) is 5. The van der Waals surface area contributed by atoms with Crippen molar-refractivity contribution in [3.8, 4) is 0 Å². The van der Waals surface area contributed by atoms with E-state index >= 15 is 0 Å². The van der Waals surface area contributed by atoms with Crippen LogP contribution in [0.1, 0.15) is 13.3 Å². The van der Waals surface area contributed by atoms with Crippen LogP contribution in [0, 0.1) is 5.92 Å². The number of nitrogens with one attached hydrogen (secondary N) is 1. The van der Waals surface area contributed by atoms with E-state index in [1.807, 2.05) is 4.90 Å². The van der Waals surface area contributed by atoms with Gasteiger partial charge in [0, 0.05) is 32.2 Å². The van der Waals surface area contributed by atoms with Crippen molar-refractivity contribution in [2.45, 2.75) is 19.4 Å². The molecule has 2 atom stereocenters. The molecule has 7 nitrogen and oxygen atoms in total. The minimum Gasteiger partial charge on any atom is -0.481 e. The number of likely N-dealkylation sites (tertiary alicyclic amines) is 1. The van der Waals surface area contributed by atoms with Crippen LogP contribution in [0.5, 0.6) is 0 Å². The molecule has 18 heavy (non-hydrogen) atoms. The lowest BCUT2D eigenvalue weighted by Gasteiger charge is -2.35. The highest BCUT2D eigenvalue weighted by Crippen LogP contribution is 2.17. The van der Waals surface area contributed by atoms with E-state index < -0.39 is 18.0 Å². The Labute approximate surface area is 106 Å². The smallest absolute Gasteiger partial charge is 0.407 e. The van der Waals surface area contributed by atoms with Crippen molar-refractivity contribution in [3.63, 3.8) is 0 Å². The third-order valence-electron chi connectivity index (χ3n) is 2.92. The molecule has 104 valence electrons. The summed E-state index contributed by atoms with van der Waals surface area (Å²) >= 11 is 0. The summed E-state index contributed by atoms with van der Waals surface area (Å²) < 4.78 is 4.79. The van der Waals surface area contributed by atoms with E-state index in [2.05, 4.69) is 5.32 Å². The van der Waals surface area contributed by atoms with E-state index in [9.17, 15) is 9.59 Å². The maximum atomic E-state index is 11.3. The second-order valence-corrected chi connectivity index (χ2v) is 4.38. The Morgan fingerprint density at radius 2 is 2.22 bits per heavy atom. The monoisotopic (exact) mass is 259 g/mol. The van der Waals surface area contributed by atoms with Gasteiger partial charge in [-0.1, -0.05) is 0 Å². The first kappa shape index (κ1) is 14.7. The molecular formula is C11H21N3O4. The van der Waals surface area contributed by atoms with Gasteiger partial charge in [-0.2, -0.15) is 0 Å². The maximum absolute atomic E-state index is 11.3. The van der Waals surface area contributed by atoms with Crippen LogP contribution in [0.15, 0.2) is 0 Å². The summed E-state index contributed by atoms with van der Waals surface area (Å²) in [5.41, 5.74) is 5.47. The minimum atomic E-state index is -0.840. The zero-order valence-electron chi connectivity index (χ0n) is 10.6. The molecule has 0 aromatic heterocycles. The van der Waals surface area contributed by atoms with E-state index in [0.29, 0.717) is 39.2 Å². The van der Waals surface area contributed by atoms with E-state index in [1.165, 1.54) is 0 Å². The predicted octanol–water partition coefficient (Wildman–Crippen LogP) is -0.534. The van der Waals surface area contributed by atoms with E-state index in [0.717, 1.165) is 0 Å². The summed E-state index contributed by atoms with van der Waals surface area (Å²) in [5.74, 6) is -1.32. The number of alkyl carbamates (subject to hydrolysis) is 1. The summed E-state index contributed by atoms with van der Waals surface area (Å²) in [5, 5.41) is 11.8.